The van der Waals surface area contributed by atoms with Crippen LogP contribution in [0.4, 0.5) is 11.5 Å². The maximum Gasteiger partial charge on any atom is 0.343 e. The number of hydrogen-bond donors (Lipinski definition) is 1. The number of nitrogens with one attached hydrogen (secondary N) is 1. The van der Waals surface area contributed by atoms with E-state index in [1.54, 1.807) is 38.1 Å². The van der Waals surface area contributed by atoms with E-state index in [4.69, 9.17) is 0 Å². The molecule has 1 N–H and O–H groups in total. The highest BCUT2D eigenvalue weighted by atomic mass is 16.6. The molecule has 2 amide bonds. The molecule has 2 aromatic carbocycles. The first-order valence-corrected chi connectivity index (χ1v) is 9.82. The highest BCUT2D eigenvalue weighted by molar-refractivity contribution is 6.26. The van der Waals surface area contributed by atoms with Crippen LogP contribution in [-0.2, 0) is 6.54 Å². The van der Waals surface area contributed by atoms with Crippen LogP contribution in [0.15, 0.2) is 54.3 Å². The highest BCUT2D eigenvalue weighted by Gasteiger charge is 2.32. The molecule has 0 bridgehead atoms. The quantitative estimate of drug-likeness (QED) is 0.200. The van der Waals surface area contributed by atoms with Gasteiger partial charge in [-0.3, -0.25) is 19.9 Å². The van der Waals surface area contributed by atoms with Crippen LogP contribution in [0.1, 0.15) is 33.5 Å². The van der Waals surface area contributed by atoms with Crippen LogP contribution in [0.5, 0.6) is 0 Å². The van der Waals surface area contributed by atoms with Gasteiger partial charge in [0.05, 0.1) is 11.4 Å². The Labute approximate surface area is 183 Å². The van der Waals surface area contributed by atoms with E-state index in [0.29, 0.717) is 39.1 Å². The lowest BCUT2D eigenvalue weighted by Crippen LogP contribution is -2.40. The molecule has 10 nitrogen and oxygen atoms in total. The van der Waals surface area contributed by atoms with Gasteiger partial charge in [-0.05, 0) is 30.0 Å². The Hall–Kier alpha value is -4.34. The fourth-order valence-corrected chi connectivity index (χ4v) is 3.76. The van der Waals surface area contributed by atoms with Crippen LogP contribution in [-0.4, -0.2) is 43.4 Å². The van der Waals surface area contributed by atoms with Crippen LogP contribution in [0.3, 0.4) is 0 Å². The molecule has 1 aromatic heterocycles. The van der Waals surface area contributed by atoms with Crippen molar-refractivity contribution in [1.29, 1.82) is 0 Å². The number of rotatable bonds is 7. The zero-order valence-corrected chi connectivity index (χ0v) is 17.5. The largest absolute Gasteiger partial charge is 0.358 e. The average Bonchev–Trinajstić information content (AvgIpc) is 3.14. The summed E-state index contributed by atoms with van der Waals surface area (Å²) in [5, 5.41) is 16.8. The Morgan fingerprint density at radius 1 is 1.25 bits per heavy atom. The van der Waals surface area contributed by atoms with Crippen LogP contribution in [0.2, 0.25) is 0 Å². The summed E-state index contributed by atoms with van der Waals surface area (Å²) in [5.41, 5.74) is 5.04. The van der Waals surface area contributed by atoms with Crippen LogP contribution >= 0.6 is 0 Å². The third kappa shape index (κ3) is 3.41. The molecule has 0 saturated carbocycles. The first-order valence-electron chi connectivity index (χ1n) is 9.82. The molecule has 1 aliphatic rings. The molecule has 1 aliphatic heterocycles. The Morgan fingerprint density at radius 3 is 2.66 bits per heavy atom. The van der Waals surface area contributed by atoms with Crippen molar-refractivity contribution in [2.45, 2.75) is 20.4 Å². The van der Waals surface area contributed by atoms with Crippen molar-refractivity contribution in [3.05, 3.63) is 76.2 Å². The minimum Gasteiger partial charge on any atom is -0.358 e. The summed E-state index contributed by atoms with van der Waals surface area (Å²) in [4.78, 5) is 41.5. The molecule has 0 aliphatic carbocycles. The van der Waals surface area contributed by atoms with Crippen LogP contribution in [0.25, 0.3) is 10.8 Å². The van der Waals surface area contributed by atoms with Gasteiger partial charge in [0.2, 0.25) is 0 Å². The predicted octanol–water partition coefficient (Wildman–Crippen LogP) is 3.52. The highest BCUT2D eigenvalue weighted by Crippen LogP contribution is 2.34. The number of carbonyl (C=O) groups is 2. The molecule has 0 saturated heterocycles. The second-order valence-corrected chi connectivity index (χ2v) is 7.36. The summed E-state index contributed by atoms with van der Waals surface area (Å²) in [6.45, 7) is 7.36. The minimum atomic E-state index is -0.489. The molecule has 162 valence electrons. The molecule has 10 heteroatoms. The number of aromatic nitrogens is 2. The topological polar surface area (TPSA) is 123 Å². The van der Waals surface area contributed by atoms with E-state index < -0.39 is 4.92 Å². The Bertz CT molecular complexity index is 1300. The van der Waals surface area contributed by atoms with Crippen molar-refractivity contribution in [1.82, 2.24) is 14.5 Å². The van der Waals surface area contributed by atoms with Gasteiger partial charge >= 0.3 is 5.82 Å². The summed E-state index contributed by atoms with van der Waals surface area (Å²) < 4.78 is 1.46. The molecule has 0 unspecified atom stereocenters. The molecule has 0 atom stereocenters. The van der Waals surface area contributed by atoms with Gasteiger partial charge in [0.15, 0.2) is 5.82 Å². The number of hydrazone groups is 1. The van der Waals surface area contributed by atoms with Crippen molar-refractivity contribution >= 4 is 39.8 Å². The standard InChI is InChI=1S/C22H20N6O4/c1-4-10-26-21(29)16-7-5-6-15-18(9-8-17(20(15)16)22(26)30)25-24-13(2)12-27-14(3)23-11-19(27)28(31)32/h4-9,11,25H,1,10,12H2,2-3H3/b24-13+. The minimum absolute atomic E-state index is 0.111. The van der Waals surface area contributed by atoms with Gasteiger partial charge in [-0.15, -0.1) is 6.58 Å². The monoisotopic (exact) mass is 432 g/mol. The molecule has 32 heavy (non-hydrogen) atoms. The third-order valence-corrected chi connectivity index (χ3v) is 5.28. The van der Waals surface area contributed by atoms with E-state index in [1.807, 2.05) is 6.07 Å². The van der Waals surface area contributed by atoms with Crippen molar-refractivity contribution in [3.8, 4) is 0 Å². The van der Waals surface area contributed by atoms with E-state index in [2.05, 4.69) is 22.1 Å². The molecule has 2 heterocycles. The Kier molecular flexibility index (Phi) is 5.27. The van der Waals surface area contributed by atoms with E-state index in [1.165, 1.54) is 21.7 Å². The number of nitrogens with zero attached hydrogens (tertiary/aromatic N) is 5. The molecule has 0 fully saturated rings. The fraction of sp³-hybridized carbons (Fsp3) is 0.182. The number of nitro groups is 1. The van der Waals surface area contributed by atoms with Crippen molar-refractivity contribution < 1.29 is 14.5 Å². The van der Waals surface area contributed by atoms with Crippen molar-refractivity contribution in [2.24, 2.45) is 5.10 Å². The van der Waals surface area contributed by atoms with Gasteiger partial charge in [-0.2, -0.15) is 5.10 Å². The lowest BCUT2D eigenvalue weighted by molar-refractivity contribution is -0.392. The summed E-state index contributed by atoms with van der Waals surface area (Å²) in [7, 11) is 0. The normalized spacial score (nSPS) is 13.6. The van der Waals surface area contributed by atoms with Crippen molar-refractivity contribution in [3.63, 3.8) is 0 Å². The molecule has 3 aromatic rings. The SMILES string of the molecule is C=CCN1C(=O)c2cccc3c(N/N=C(\C)Cn4c([N+](=O)[O-])cnc4C)ccc(c23)C1=O. The number of benzene rings is 2. The second kappa shape index (κ2) is 8.06. The first-order chi connectivity index (χ1) is 15.3. The van der Waals surface area contributed by atoms with Gasteiger partial charge in [0.25, 0.3) is 11.8 Å². The smallest absolute Gasteiger partial charge is 0.343 e. The third-order valence-electron chi connectivity index (χ3n) is 5.28. The number of amides is 2. The summed E-state index contributed by atoms with van der Waals surface area (Å²) in [5.74, 6) is -0.339. The van der Waals surface area contributed by atoms with E-state index in [-0.39, 0.29) is 30.7 Å². The molecular formula is C22H20N6O4. The zero-order valence-electron chi connectivity index (χ0n) is 17.5. The number of imide groups is 1. The Balaban J connectivity index is 1.68. The maximum absolute atomic E-state index is 12.8. The van der Waals surface area contributed by atoms with Gasteiger partial charge in [-0.25, -0.2) is 9.55 Å². The molecule has 0 radical (unpaired) electrons. The van der Waals surface area contributed by atoms with Crippen LogP contribution < -0.4 is 5.43 Å². The van der Waals surface area contributed by atoms with Gasteiger partial charge in [-0.1, -0.05) is 18.2 Å². The average molecular weight is 432 g/mol. The summed E-state index contributed by atoms with van der Waals surface area (Å²) >= 11 is 0. The summed E-state index contributed by atoms with van der Waals surface area (Å²) in [6, 6.07) is 8.64. The molecule has 4 rings (SSSR count). The van der Waals surface area contributed by atoms with E-state index in [0.717, 1.165) is 0 Å². The number of anilines is 1. The lowest BCUT2D eigenvalue weighted by Gasteiger charge is -2.26. The number of aryl methyl sites for hydroxylation is 1. The fourth-order valence-electron chi connectivity index (χ4n) is 3.76. The number of imidazole rings is 1. The predicted molar refractivity (Wildman–Crippen MR) is 120 cm³/mol. The van der Waals surface area contributed by atoms with Gasteiger partial charge in [0, 0.05) is 35.4 Å². The number of carbonyl (C=O) groups excluding carboxylic acids is 2. The molecular weight excluding hydrogens is 412 g/mol. The molecule has 0 spiro atoms. The Morgan fingerprint density at radius 2 is 1.97 bits per heavy atom. The van der Waals surface area contributed by atoms with E-state index >= 15 is 0 Å². The second-order valence-electron chi connectivity index (χ2n) is 7.36. The van der Waals surface area contributed by atoms with Crippen LogP contribution in [0, 0.1) is 17.0 Å². The van der Waals surface area contributed by atoms with E-state index in [9.17, 15) is 19.7 Å². The maximum atomic E-state index is 12.8. The number of hydrogen-bond acceptors (Lipinski definition) is 7. The summed E-state index contributed by atoms with van der Waals surface area (Å²) in [6.07, 6.45) is 2.73. The van der Waals surface area contributed by atoms with Crippen molar-refractivity contribution in [2.75, 3.05) is 12.0 Å². The van der Waals surface area contributed by atoms with Gasteiger partial charge < -0.3 is 10.1 Å². The first kappa shape index (κ1) is 20.9. The van der Waals surface area contributed by atoms with Gasteiger partial charge in [0.1, 0.15) is 12.7 Å². The zero-order chi connectivity index (χ0) is 23.0. The lowest BCUT2D eigenvalue weighted by atomic mass is 9.93.